The topological polar surface area (TPSA) is 112 Å². The van der Waals surface area contributed by atoms with Crippen LogP contribution in [0.3, 0.4) is 0 Å². The standard InChI is InChI=1S/C24H30N2O7/c1-30-20-11-9-17(15-21(20)31-2)13-14-25-22(27)12-10-19(23(28)32-3)26-24(29)33-16-18-7-5-4-6-8-18/h4-9,11,15,19H,10,12-14,16H2,1-3H3,(H,25,27)(H,26,29)/t19-/m0/s1. The van der Waals surface area contributed by atoms with Crippen LogP contribution < -0.4 is 20.1 Å². The molecular formula is C24H30N2O7. The summed E-state index contributed by atoms with van der Waals surface area (Å²) in [6.07, 6.45) is -0.0561. The highest BCUT2D eigenvalue weighted by atomic mass is 16.6. The normalized spacial score (nSPS) is 11.1. The third-order valence-electron chi connectivity index (χ3n) is 4.83. The van der Waals surface area contributed by atoms with Gasteiger partial charge in [0.15, 0.2) is 11.5 Å². The molecule has 178 valence electrons. The summed E-state index contributed by atoms with van der Waals surface area (Å²) in [6, 6.07) is 13.7. The molecule has 9 heteroatoms. The first-order valence-corrected chi connectivity index (χ1v) is 10.5. The number of rotatable bonds is 12. The lowest BCUT2D eigenvalue weighted by Crippen LogP contribution is -2.42. The van der Waals surface area contributed by atoms with Crippen molar-refractivity contribution < 1.29 is 33.3 Å². The predicted molar refractivity (Wildman–Crippen MR) is 121 cm³/mol. The molecule has 0 aliphatic rings. The lowest BCUT2D eigenvalue weighted by atomic mass is 10.1. The van der Waals surface area contributed by atoms with Gasteiger partial charge in [0.05, 0.1) is 21.3 Å². The maximum Gasteiger partial charge on any atom is 0.408 e. The van der Waals surface area contributed by atoms with E-state index in [0.29, 0.717) is 24.5 Å². The highest BCUT2D eigenvalue weighted by molar-refractivity contribution is 5.82. The van der Waals surface area contributed by atoms with Crippen molar-refractivity contribution in [2.24, 2.45) is 0 Å². The van der Waals surface area contributed by atoms with E-state index in [-0.39, 0.29) is 25.4 Å². The molecule has 33 heavy (non-hydrogen) atoms. The minimum absolute atomic E-state index is 0.0324. The van der Waals surface area contributed by atoms with E-state index in [1.807, 2.05) is 42.5 Å². The number of benzene rings is 2. The molecule has 2 rings (SSSR count). The second-order valence-corrected chi connectivity index (χ2v) is 7.11. The van der Waals surface area contributed by atoms with Crippen molar-refractivity contribution in [2.45, 2.75) is 31.9 Å². The summed E-state index contributed by atoms with van der Waals surface area (Å²) in [5.41, 5.74) is 1.79. The van der Waals surface area contributed by atoms with Crippen LogP contribution in [0.15, 0.2) is 48.5 Å². The van der Waals surface area contributed by atoms with Crippen molar-refractivity contribution in [2.75, 3.05) is 27.9 Å². The van der Waals surface area contributed by atoms with Crippen LogP contribution in [-0.2, 0) is 32.1 Å². The number of carbonyl (C=O) groups is 3. The fourth-order valence-electron chi connectivity index (χ4n) is 3.04. The molecule has 1 atom stereocenters. The molecule has 0 aromatic heterocycles. The van der Waals surface area contributed by atoms with Crippen molar-refractivity contribution >= 4 is 18.0 Å². The fourth-order valence-corrected chi connectivity index (χ4v) is 3.04. The Morgan fingerprint density at radius 3 is 2.30 bits per heavy atom. The van der Waals surface area contributed by atoms with Gasteiger partial charge in [-0.05, 0) is 36.1 Å². The summed E-state index contributed by atoms with van der Waals surface area (Å²) in [5, 5.41) is 5.26. The van der Waals surface area contributed by atoms with Gasteiger partial charge >= 0.3 is 12.1 Å². The molecule has 0 bridgehead atoms. The molecule has 0 aliphatic heterocycles. The van der Waals surface area contributed by atoms with Gasteiger partial charge in [-0.1, -0.05) is 36.4 Å². The van der Waals surface area contributed by atoms with Gasteiger partial charge in [-0.15, -0.1) is 0 Å². The number of hydrogen-bond donors (Lipinski definition) is 2. The lowest BCUT2D eigenvalue weighted by Gasteiger charge is -2.16. The minimum Gasteiger partial charge on any atom is -0.493 e. The third kappa shape index (κ3) is 8.72. The number of nitrogens with one attached hydrogen (secondary N) is 2. The van der Waals surface area contributed by atoms with Crippen LogP contribution in [0.4, 0.5) is 4.79 Å². The number of carbonyl (C=O) groups excluding carboxylic acids is 3. The summed E-state index contributed by atoms with van der Waals surface area (Å²) in [4.78, 5) is 36.3. The fraction of sp³-hybridized carbons (Fsp3) is 0.375. The van der Waals surface area contributed by atoms with E-state index in [1.165, 1.54) is 7.11 Å². The zero-order valence-corrected chi connectivity index (χ0v) is 19.1. The van der Waals surface area contributed by atoms with Crippen molar-refractivity contribution in [3.63, 3.8) is 0 Å². The summed E-state index contributed by atoms with van der Waals surface area (Å²) >= 11 is 0. The largest absolute Gasteiger partial charge is 0.493 e. The van der Waals surface area contributed by atoms with E-state index >= 15 is 0 Å². The molecule has 0 unspecified atom stereocenters. The number of ether oxygens (including phenoxy) is 4. The van der Waals surface area contributed by atoms with E-state index in [0.717, 1.165) is 11.1 Å². The third-order valence-corrected chi connectivity index (χ3v) is 4.83. The van der Waals surface area contributed by atoms with Crippen LogP contribution in [0.1, 0.15) is 24.0 Å². The van der Waals surface area contributed by atoms with Crippen molar-refractivity contribution in [1.29, 1.82) is 0 Å². The first kappa shape index (κ1) is 25.5. The quantitative estimate of drug-likeness (QED) is 0.470. The smallest absolute Gasteiger partial charge is 0.408 e. The summed E-state index contributed by atoms with van der Waals surface area (Å²) in [7, 11) is 4.35. The van der Waals surface area contributed by atoms with E-state index in [1.54, 1.807) is 20.3 Å². The maximum absolute atomic E-state index is 12.2. The van der Waals surface area contributed by atoms with Crippen LogP contribution in [0.25, 0.3) is 0 Å². The van der Waals surface area contributed by atoms with E-state index in [2.05, 4.69) is 10.6 Å². The molecular weight excluding hydrogens is 428 g/mol. The number of alkyl carbamates (subject to hydrolysis) is 1. The molecule has 0 heterocycles. The molecule has 0 saturated carbocycles. The van der Waals surface area contributed by atoms with Gasteiger partial charge in [-0.2, -0.15) is 0 Å². The van der Waals surface area contributed by atoms with Crippen molar-refractivity contribution in [3.8, 4) is 11.5 Å². The zero-order valence-electron chi connectivity index (χ0n) is 19.1. The first-order chi connectivity index (χ1) is 16.0. The Morgan fingerprint density at radius 2 is 1.64 bits per heavy atom. The maximum atomic E-state index is 12.2. The van der Waals surface area contributed by atoms with Crippen LogP contribution in [-0.4, -0.2) is 51.9 Å². The number of hydrogen-bond acceptors (Lipinski definition) is 7. The molecule has 0 radical (unpaired) electrons. The monoisotopic (exact) mass is 458 g/mol. The molecule has 0 aliphatic carbocycles. The molecule has 2 aromatic carbocycles. The molecule has 0 spiro atoms. The number of amides is 2. The van der Waals surface area contributed by atoms with E-state index < -0.39 is 18.1 Å². The van der Waals surface area contributed by atoms with E-state index in [9.17, 15) is 14.4 Å². The van der Waals surface area contributed by atoms with Crippen LogP contribution in [0, 0.1) is 0 Å². The molecule has 2 amide bonds. The Labute approximate surface area is 193 Å². The highest BCUT2D eigenvalue weighted by Crippen LogP contribution is 2.27. The summed E-state index contributed by atoms with van der Waals surface area (Å²) < 4.78 is 20.3. The first-order valence-electron chi connectivity index (χ1n) is 10.5. The van der Waals surface area contributed by atoms with Gasteiger partial charge in [0.25, 0.3) is 0 Å². The minimum atomic E-state index is -0.991. The van der Waals surface area contributed by atoms with Crippen molar-refractivity contribution in [3.05, 3.63) is 59.7 Å². The molecule has 2 aromatic rings. The van der Waals surface area contributed by atoms with Crippen molar-refractivity contribution in [1.82, 2.24) is 10.6 Å². The Balaban J connectivity index is 1.77. The average Bonchev–Trinajstić information content (AvgIpc) is 2.85. The SMILES string of the molecule is COC(=O)[C@H](CCC(=O)NCCc1ccc(OC)c(OC)c1)NC(=O)OCc1ccccc1. The predicted octanol–water partition coefficient (Wildman–Crippen LogP) is 2.61. The second kappa shape index (κ2) is 13.6. The van der Waals surface area contributed by atoms with Gasteiger partial charge in [0.1, 0.15) is 12.6 Å². The van der Waals surface area contributed by atoms with Gasteiger partial charge in [-0.25, -0.2) is 9.59 Å². The van der Waals surface area contributed by atoms with Gasteiger partial charge < -0.3 is 29.6 Å². The zero-order chi connectivity index (χ0) is 24.1. The summed E-state index contributed by atoms with van der Waals surface area (Å²) in [6.45, 7) is 0.473. The number of esters is 1. The number of methoxy groups -OCH3 is 3. The highest BCUT2D eigenvalue weighted by Gasteiger charge is 2.23. The van der Waals surface area contributed by atoms with Gasteiger partial charge in [-0.3, -0.25) is 4.79 Å². The van der Waals surface area contributed by atoms with Crippen LogP contribution in [0.5, 0.6) is 11.5 Å². The van der Waals surface area contributed by atoms with E-state index in [4.69, 9.17) is 18.9 Å². The molecule has 2 N–H and O–H groups in total. The molecule has 0 fully saturated rings. The van der Waals surface area contributed by atoms with Gasteiger partial charge in [0, 0.05) is 13.0 Å². The molecule has 9 nitrogen and oxygen atoms in total. The Hall–Kier alpha value is -3.75. The Morgan fingerprint density at radius 1 is 0.909 bits per heavy atom. The van der Waals surface area contributed by atoms with Gasteiger partial charge in [0.2, 0.25) is 5.91 Å². The average molecular weight is 459 g/mol. The lowest BCUT2D eigenvalue weighted by molar-refractivity contribution is -0.143. The summed E-state index contributed by atoms with van der Waals surface area (Å²) in [5.74, 6) is 0.357. The Bertz CT molecular complexity index is 918. The second-order valence-electron chi connectivity index (χ2n) is 7.11. The van der Waals surface area contributed by atoms with Crippen LogP contribution in [0.2, 0.25) is 0 Å². The van der Waals surface area contributed by atoms with Crippen LogP contribution >= 0.6 is 0 Å². The molecule has 0 saturated heterocycles. The Kier molecular flexibility index (Phi) is 10.5.